The summed E-state index contributed by atoms with van der Waals surface area (Å²) in [7, 11) is 0. The number of nitrogens with one attached hydrogen (secondary N) is 1. The zero-order chi connectivity index (χ0) is 18.7. The molecule has 3 aromatic rings. The summed E-state index contributed by atoms with van der Waals surface area (Å²) in [6.45, 7) is 0. The Morgan fingerprint density at radius 1 is 1.15 bits per heavy atom. The van der Waals surface area contributed by atoms with Crippen LogP contribution < -0.4 is 10.1 Å². The number of hydrogen-bond acceptors (Lipinski definition) is 5. The van der Waals surface area contributed by atoms with E-state index < -0.39 is 12.1 Å². The van der Waals surface area contributed by atoms with Gasteiger partial charge in [0.1, 0.15) is 5.75 Å². The molecule has 1 amide bonds. The van der Waals surface area contributed by atoms with Crippen molar-refractivity contribution in [2.24, 2.45) is 0 Å². The van der Waals surface area contributed by atoms with Gasteiger partial charge < -0.3 is 10.1 Å². The lowest BCUT2D eigenvalue weighted by Gasteiger charge is -2.10. The van der Waals surface area contributed by atoms with E-state index >= 15 is 0 Å². The monoisotopic (exact) mass is 383 g/mol. The Balaban J connectivity index is 2.07. The van der Waals surface area contributed by atoms with Crippen molar-refractivity contribution in [3.63, 3.8) is 0 Å². The van der Waals surface area contributed by atoms with E-state index in [4.69, 9.17) is 11.6 Å². The maximum absolute atomic E-state index is 12.4. The largest absolute Gasteiger partial charge is 0.573 e. The number of rotatable bonds is 5. The molecule has 0 atom stereocenters. The van der Waals surface area contributed by atoms with E-state index in [1.807, 2.05) is 0 Å². The summed E-state index contributed by atoms with van der Waals surface area (Å²) >= 11 is 5.71. The second-order valence-corrected chi connectivity index (χ2v) is 5.27. The van der Waals surface area contributed by atoms with Gasteiger partial charge in [0.25, 0.3) is 0 Å². The molecule has 0 fully saturated rings. The number of alkyl halides is 3. The molecule has 0 aliphatic carbocycles. The standard InChI is InChI=1S/C15H9ClF3N5O2/c16-12-4-5-14(22-21-12)24-11(7-13(23-24)20-8-25)9-2-1-3-10(6-9)26-15(17,18)19/h1-8H,(H,20,23,25). The van der Waals surface area contributed by atoms with Crippen LogP contribution in [0.2, 0.25) is 5.15 Å². The molecule has 1 aromatic carbocycles. The normalized spacial score (nSPS) is 11.2. The molecule has 0 spiro atoms. The number of aromatic nitrogens is 4. The fourth-order valence-corrected chi connectivity index (χ4v) is 2.27. The van der Waals surface area contributed by atoms with Crippen LogP contribution in [0.15, 0.2) is 42.5 Å². The predicted molar refractivity (Wildman–Crippen MR) is 86.0 cm³/mol. The van der Waals surface area contributed by atoms with Crippen LogP contribution in [0.4, 0.5) is 19.0 Å². The molecule has 0 unspecified atom stereocenters. The molecule has 0 saturated carbocycles. The van der Waals surface area contributed by atoms with Gasteiger partial charge in [-0.15, -0.1) is 28.5 Å². The lowest BCUT2D eigenvalue weighted by atomic mass is 10.1. The van der Waals surface area contributed by atoms with Crippen LogP contribution in [0, 0.1) is 0 Å². The van der Waals surface area contributed by atoms with Crippen LogP contribution in [0.25, 0.3) is 17.1 Å². The van der Waals surface area contributed by atoms with E-state index in [9.17, 15) is 18.0 Å². The van der Waals surface area contributed by atoms with E-state index in [1.54, 1.807) is 6.07 Å². The molecule has 11 heteroatoms. The second kappa shape index (κ2) is 7.00. The SMILES string of the molecule is O=CNc1cc(-c2cccc(OC(F)(F)F)c2)n(-c2ccc(Cl)nn2)n1. The summed E-state index contributed by atoms with van der Waals surface area (Å²) in [5, 5.41) is 14.3. The highest BCUT2D eigenvalue weighted by Gasteiger charge is 2.31. The van der Waals surface area contributed by atoms with Gasteiger partial charge in [0.15, 0.2) is 16.8 Å². The summed E-state index contributed by atoms with van der Waals surface area (Å²) < 4.78 is 42.6. The number of nitrogens with zero attached hydrogens (tertiary/aromatic N) is 4. The van der Waals surface area contributed by atoms with E-state index in [2.05, 4.69) is 25.3 Å². The smallest absolute Gasteiger partial charge is 0.406 e. The summed E-state index contributed by atoms with van der Waals surface area (Å²) in [4.78, 5) is 10.7. The summed E-state index contributed by atoms with van der Waals surface area (Å²) in [5.41, 5.74) is 0.716. The molecule has 134 valence electrons. The number of anilines is 1. The zero-order valence-corrected chi connectivity index (χ0v) is 13.5. The van der Waals surface area contributed by atoms with Crippen LogP contribution in [0.3, 0.4) is 0 Å². The Hall–Kier alpha value is -3.14. The maximum atomic E-state index is 12.4. The number of carbonyl (C=O) groups excluding carboxylic acids is 1. The number of halogens is 4. The Morgan fingerprint density at radius 3 is 2.62 bits per heavy atom. The van der Waals surface area contributed by atoms with Crippen molar-refractivity contribution in [3.05, 3.63) is 47.6 Å². The molecular formula is C15H9ClF3N5O2. The Kier molecular flexibility index (Phi) is 4.76. The molecule has 2 heterocycles. The van der Waals surface area contributed by atoms with Gasteiger partial charge in [-0.2, -0.15) is 0 Å². The molecule has 0 aliphatic heterocycles. The van der Waals surface area contributed by atoms with Gasteiger partial charge in [0.05, 0.1) is 5.69 Å². The van der Waals surface area contributed by atoms with E-state index in [1.165, 1.54) is 41.1 Å². The summed E-state index contributed by atoms with van der Waals surface area (Å²) in [6.07, 6.45) is -4.39. The minimum atomic E-state index is -4.81. The maximum Gasteiger partial charge on any atom is 0.573 e. The van der Waals surface area contributed by atoms with Crippen molar-refractivity contribution in [3.8, 4) is 22.8 Å². The molecule has 7 nitrogen and oxygen atoms in total. The van der Waals surface area contributed by atoms with Crippen molar-refractivity contribution in [1.29, 1.82) is 0 Å². The minimum Gasteiger partial charge on any atom is -0.406 e. The van der Waals surface area contributed by atoms with E-state index in [0.29, 0.717) is 17.7 Å². The van der Waals surface area contributed by atoms with Crippen molar-refractivity contribution < 1.29 is 22.7 Å². The van der Waals surface area contributed by atoms with Crippen molar-refractivity contribution in [2.45, 2.75) is 6.36 Å². The average molecular weight is 384 g/mol. The lowest BCUT2D eigenvalue weighted by molar-refractivity contribution is -0.274. The fourth-order valence-electron chi connectivity index (χ4n) is 2.17. The second-order valence-electron chi connectivity index (χ2n) is 4.88. The van der Waals surface area contributed by atoms with E-state index in [0.717, 1.165) is 0 Å². The molecule has 0 aliphatic rings. The Bertz CT molecular complexity index is 928. The molecule has 1 N–H and O–H groups in total. The van der Waals surface area contributed by atoms with Crippen LogP contribution in [0.1, 0.15) is 0 Å². The number of carbonyl (C=O) groups is 1. The zero-order valence-electron chi connectivity index (χ0n) is 12.7. The number of benzene rings is 1. The van der Waals surface area contributed by atoms with Crippen LogP contribution >= 0.6 is 11.6 Å². The first kappa shape index (κ1) is 17.7. The van der Waals surface area contributed by atoms with Gasteiger partial charge in [-0.05, 0) is 24.3 Å². The first-order valence-corrected chi connectivity index (χ1v) is 7.39. The molecule has 3 rings (SSSR count). The number of amides is 1. The Morgan fingerprint density at radius 2 is 1.96 bits per heavy atom. The number of ether oxygens (including phenoxy) is 1. The predicted octanol–water partition coefficient (Wildman–Crippen LogP) is 3.45. The first-order valence-electron chi connectivity index (χ1n) is 7.02. The van der Waals surface area contributed by atoms with Crippen molar-refractivity contribution >= 4 is 23.8 Å². The first-order chi connectivity index (χ1) is 12.4. The van der Waals surface area contributed by atoms with Gasteiger partial charge in [-0.1, -0.05) is 23.7 Å². The van der Waals surface area contributed by atoms with Gasteiger partial charge in [0.2, 0.25) is 6.41 Å². The Labute approximate surface area is 149 Å². The lowest BCUT2D eigenvalue weighted by Crippen LogP contribution is -2.17. The third kappa shape index (κ3) is 4.09. The quantitative estimate of drug-likeness (QED) is 0.682. The van der Waals surface area contributed by atoms with Gasteiger partial charge in [-0.25, -0.2) is 4.68 Å². The molecule has 26 heavy (non-hydrogen) atoms. The molecule has 0 saturated heterocycles. The highest BCUT2D eigenvalue weighted by Crippen LogP contribution is 2.30. The number of hydrogen-bond donors (Lipinski definition) is 1. The third-order valence-electron chi connectivity index (χ3n) is 3.11. The van der Waals surface area contributed by atoms with Gasteiger partial charge in [0, 0.05) is 11.6 Å². The highest BCUT2D eigenvalue weighted by atomic mass is 35.5. The van der Waals surface area contributed by atoms with Gasteiger partial charge >= 0.3 is 6.36 Å². The topological polar surface area (TPSA) is 81.9 Å². The molecule has 0 radical (unpaired) electrons. The summed E-state index contributed by atoms with van der Waals surface area (Å²) in [6, 6.07) is 9.79. The average Bonchev–Trinajstić information content (AvgIpc) is 2.98. The van der Waals surface area contributed by atoms with Gasteiger partial charge in [-0.3, -0.25) is 4.79 Å². The molecular weight excluding hydrogens is 375 g/mol. The summed E-state index contributed by atoms with van der Waals surface area (Å²) in [5.74, 6) is 0.0363. The van der Waals surface area contributed by atoms with Crippen LogP contribution in [-0.4, -0.2) is 32.8 Å². The van der Waals surface area contributed by atoms with Crippen molar-refractivity contribution in [2.75, 3.05) is 5.32 Å². The van der Waals surface area contributed by atoms with E-state index in [-0.39, 0.29) is 16.8 Å². The third-order valence-corrected chi connectivity index (χ3v) is 3.32. The molecule has 2 aromatic heterocycles. The fraction of sp³-hybridized carbons (Fsp3) is 0.0667. The van der Waals surface area contributed by atoms with Crippen molar-refractivity contribution in [1.82, 2.24) is 20.0 Å². The van der Waals surface area contributed by atoms with Crippen LogP contribution in [-0.2, 0) is 4.79 Å². The highest BCUT2D eigenvalue weighted by molar-refractivity contribution is 6.29. The minimum absolute atomic E-state index is 0.161. The van der Waals surface area contributed by atoms with Crippen LogP contribution in [0.5, 0.6) is 5.75 Å². The molecule has 0 bridgehead atoms.